The number of likely N-dealkylation sites (N-methyl/N-ethyl adjacent to an activating group) is 1. The third-order valence-electron chi connectivity index (χ3n) is 2.54. The van der Waals surface area contributed by atoms with Gasteiger partial charge in [-0.25, -0.2) is 4.79 Å². The van der Waals surface area contributed by atoms with Gasteiger partial charge in [0.05, 0.1) is 6.61 Å². The second-order valence-electron chi connectivity index (χ2n) is 3.97. The number of carbonyl (C=O) groups excluding carboxylic acids is 1. The molecule has 0 saturated carbocycles. The summed E-state index contributed by atoms with van der Waals surface area (Å²) in [4.78, 5) is 12.9. The van der Waals surface area contributed by atoms with E-state index in [0.717, 1.165) is 12.8 Å². The average Bonchev–Trinajstić information content (AvgIpc) is 2.36. The largest absolute Gasteiger partial charge is 0.395 e. The van der Waals surface area contributed by atoms with Crippen LogP contribution in [-0.2, 0) is 6.42 Å². The Hall–Kier alpha value is -1.55. The zero-order chi connectivity index (χ0) is 12.5. The second-order valence-corrected chi connectivity index (χ2v) is 3.97. The van der Waals surface area contributed by atoms with Crippen LogP contribution in [0.1, 0.15) is 12.0 Å². The molecular weight excluding hydrogens is 216 g/mol. The van der Waals surface area contributed by atoms with E-state index in [9.17, 15) is 4.79 Å². The molecule has 0 fully saturated rings. The molecule has 1 rings (SSSR count). The van der Waals surface area contributed by atoms with Crippen molar-refractivity contribution < 1.29 is 9.90 Å². The first-order chi connectivity index (χ1) is 8.24. The summed E-state index contributed by atoms with van der Waals surface area (Å²) in [5, 5.41) is 11.5. The Labute approximate surface area is 102 Å². The van der Waals surface area contributed by atoms with Crippen molar-refractivity contribution in [3.8, 4) is 0 Å². The first-order valence-electron chi connectivity index (χ1n) is 5.88. The van der Waals surface area contributed by atoms with E-state index in [1.54, 1.807) is 7.05 Å². The molecule has 0 bridgehead atoms. The van der Waals surface area contributed by atoms with E-state index in [1.165, 1.54) is 10.5 Å². The first kappa shape index (κ1) is 13.5. The predicted molar refractivity (Wildman–Crippen MR) is 67.9 cm³/mol. The van der Waals surface area contributed by atoms with Gasteiger partial charge in [0.1, 0.15) is 0 Å². The van der Waals surface area contributed by atoms with Gasteiger partial charge in [0.25, 0.3) is 0 Å². The molecule has 0 aliphatic carbocycles. The Bertz CT molecular complexity index is 327. The van der Waals surface area contributed by atoms with Crippen LogP contribution in [0.5, 0.6) is 0 Å². The third kappa shape index (κ3) is 5.36. The van der Waals surface area contributed by atoms with Crippen molar-refractivity contribution in [2.45, 2.75) is 12.8 Å². The fourth-order valence-electron chi connectivity index (χ4n) is 1.52. The molecule has 0 atom stereocenters. The van der Waals surface area contributed by atoms with Gasteiger partial charge < -0.3 is 15.3 Å². The molecule has 0 heterocycles. The fraction of sp³-hybridized carbons (Fsp3) is 0.462. The molecule has 0 unspecified atom stereocenters. The van der Waals surface area contributed by atoms with Crippen molar-refractivity contribution >= 4 is 6.03 Å². The number of carbonyl (C=O) groups is 1. The molecule has 0 radical (unpaired) electrons. The highest BCUT2D eigenvalue weighted by Crippen LogP contribution is 2.01. The van der Waals surface area contributed by atoms with Gasteiger partial charge in [-0.2, -0.15) is 0 Å². The Morgan fingerprint density at radius 2 is 2.06 bits per heavy atom. The van der Waals surface area contributed by atoms with Crippen molar-refractivity contribution in [2.75, 3.05) is 26.7 Å². The lowest BCUT2D eigenvalue weighted by atomic mass is 10.1. The van der Waals surface area contributed by atoms with Crippen molar-refractivity contribution in [1.29, 1.82) is 0 Å². The van der Waals surface area contributed by atoms with E-state index < -0.39 is 0 Å². The number of nitrogens with zero attached hydrogens (tertiary/aromatic N) is 1. The van der Waals surface area contributed by atoms with E-state index >= 15 is 0 Å². The number of amides is 2. The number of urea groups is 1. The zero-order valence-corrected chi connectivity index (χ0v) is 10.2. The number of benzene rings is 1. The molecule has 1 aromatic carbocycles. The van der Waals surface area contributed by atoms with Crippen LogP contribution in [0.15, 0.2) is 30.3 Å². The first-order valence-corrected chi connectivity index (χ1v) is 5.88. The number of hydrogen-bond acceptors (Lipinski definition) is 2. The standard InChI is InChI=1S/C13H20N2O2/c1-15(10-11-16)13(17)14-9-5-8-12-6-3-2-4-7-12/h2-4,6-7,16H,5,8-11H2,1H3,(H,14,17). The van der Waals surface area contributed by atoms with Crippen LogP contribution in [0, 0.1) is 0 Å². The topological polar surface area (TPSA) is 52.6 Å². The summed E-state index contributed by atoms with van der Waals surface area (Å²) in [6, 6.07) is 10.1. The van der Waals surface area contributed by atoms with Crippen LogP contribution in [0.3, 0.4) is 0 Å². The van der Waals surface area contributed by atoms with Crippen molar-refractivity contribution in [3.05, 3.63) is 35.9 Å². The van der Waals surface area contributed by atoms with Gasteiger partial charge >= 0.3 is 6.03 Å². The van der Waals surface area contributed by atoms with Gasteiger partial charge in [-0.1, -0.05) is 30.3 Å². The summed E-state index contributed by atoms with van der Waals surface area (Å²) < 4.78 is 0. The maximum absolute atomic E-state index is 11.4. The minimum absolute atomic E-state index is 0.00602. The molecule has 17 heavy (non-hydrogen) atoms. The lowest BCUT2D eigenvalue weighted by Crippen LogP contribution is -2.39. The molecule has 4 nitrogen and oxygen atoms in total. The molecule has 1 aromatic rings. The predicted octanol–water partition coefficient (Wildman–Crippen LogP) is 1.25. The Morgan fingerprint density at radius 1 is 1.35 bits per heavy atom. The SMILES string of the molecule is CN(CCO)C(=O)NCCCc1ccccc1. The summed E-state index contributed by atoms with van der Waals surface area (Å²) in [5.41, 5.74) is 1.28. The normalized spacial score (nSPS) is 10.0. The number of aryl methyl sites for hydroxylation is 1. The summed E-state index contributed by atoms with van der Waals surface area (Å²) in [7, 11) is 1.67. The zero-order valence-electron chi connectivity index (χ0n) is 10.2. The fourth-order valence-corrected chi connectivity index (χ4v) is 1.52. The monoisotopic (exact) mass is 236 g/mol. The minimum Gasteiger partial charge on any atom is -0.395 e. The number of nitrogens with one attached hydrogen (secondary N) is 1. The lowest BCUT2D eigenvalue weighted by Gasteiger charge is -2.16. The summed E-state index contributed by atoms with van der Waals surface area (Å²) in [5.74, 6) is 0. The maximum atomic E-state index is 11.4. The molecule has 4 heteroatoms. The average molecular weight is 236 g/mol. The Balaban J connectivity index is 2.14. The van der Waals surface area contributed by atoms with E-state index in [4.69, 9.17) is 5.11 Å². The lowest BCUT2D eigenvalue weighted by molar-refractivity contribution is 0.190. The van der Waals surface area contributed by atoms with Crippen LogP contribution in [0.4, 0.5) is 4.79 Å². The highest BCUT2D eigenvalue weighted by atomic mass is 16.3. The number of hydrogen-bond donors (Lipinski definition) is 2. The molecule has 0 spiro atoms. The molecule has 0 aromatic heterocycles. The number of aliphatic hydroxyl groups excluding tert-OH is 1. The van der Waals surface area contributed by atoms with Crippen LogP contribution >= 0.6 is 0 Å². The number of aliphatic hydroxyl groups is 1. The van der Waals surface area contributed by atoms with Gasteiger partial charge in [-0.05, 0) is 18.4 Å². The van der Waals surface area contributed by atoms with Gasteiger partial charge in [-0.15, -0.1) is 0 Å². The van der Waals surface area contributed by atoms with Gasteiger partial charge in [0.2, 0.25) is 0 Å². The van der Waals surface area contributed by atoms with Crippen molar-refractivity contribution in [2.24, 2.45) is 0 Å². The van der Waals surface area contributed by atoms with Crippen LogP contribution in [-0.4, -0.2) is 42.8 Å². The maximum Gasteiger partial charge on any atom is 0.317 e. The Kier molecular flexibility index (Phi) is 6.10. The Morgan fingerprint density at radius 3 is 2.71 bits per heavy atom. The summed E-state index contributed by atoms with van der Waals surface area (Å²) >= 11 is 0. The van der Waals surface area contributed by atoms with E-state index in [-0.39, 0.29) is 12.6 Å². The minimum atomic E-state index is -0.132. The van der Waals surface area contributed by atoms with Gasteiger partial charge in [-0.3, -0.25) is 0 Å². The quantitative estimate of drug-likeness (QED) is 0.730. The highest BCUT2D eigenvalue weighted by Gasteiger charge is 2.05. The molecular formula is C13H20N2O2. The van der Waals surface area contributed by atoms with Crippen LogP contribution in [0.25, 0.3) is 0 Å². The van der Waals surface area contributed by atoms with Crippen LogP contribution in [0.2, 0.25) is 0 Å². The molecule has 2 amide bonds. The van der Waals surface area contributed by atoms with E-state index in [1.807, 2.05) is 18.2 Å². The smallest absolute Gasteiger partial charge is 0.317 e. The molecule has 2 N–H and O–H groups in total. The molecule has 0 saturated heterocycles. The highest BCUT2D eigenvalue weighted by molar-refractivity contribution is 5.73. The number of rotatable bonds is 6. The van der Waals surface area contributed by atoms with Crippen molar-refractivity contribution in [3.63, 3.8) is 0 Å². The molecule has 94 valence electrons. The van der Waals surface area contributed by atoms with E-state index in [2.05, 4.69) is 17.4 Å². The van der Waals surface area contributed by atoms with Crippen molar-refractivity contribution in [1.82, 2.24) is 10.2 Å². The van der Waals surface area contributed by atoms with Gasteiger partial charge in [0.15, 0.2) is 0 Å². The van der Waals surface area contributed by atoms with Gasteiger partial charge in [0, 0.05) is 20.1 Å². The van der Waals surface area contributed by atoms with Crippen LogP contribution < -0.4 is 5.32 Å². The molecule has 0 aliphatic rings. The molecule has 0 aliphatic heterocycles. The second kappa shape index (κ2) is 7.68. The van der Waals surface area contributed by atoms with E-state index in [0.29, 0.717) is 13.1 Å². The third-order valence-corrected chi connectivity index (χ3v) is 2.54. The summed E-state index contributed by atoms with van der Waals surface area (Å²) in [6.45, 7) is 1.02. The summed E-state index contributed by atoms with van der Waals surface area (Å²) in [6.07, 6.45) is 1.88.